The average Bonchev–Trinajstić information content (AvgIpc) is 0.949. The van der Waals surface area contributed by atoms with E-state index in [1.165, 1.54) is 157 Å². The number of hydrogen-bond donors (Lipinski definition) is 0. The fraction of sp³-hybridized carbons (Fsp3) is 1.00. The van der Waals surface area contributed by atoms with Crippen LogP contribution in [0.5, 0.6) is 0 Å². The molecule has 9 nitrogen and oxygen atoms in total. The van der Waals surface area contributed by atoms with Gasteiger partial charge in [0.1, 0.15) is 0 Å². The van der Waals surface area contributed by atoms with Gasteiger partial charge in [0.2, 0.25) is 0 Å². The van der Waals surface area contributed by atoms with Crippen LogP contribution in [0.25, 0.3) is 0 Å². The third kappa shape index (κ3) is 64.6. The van der Waals surface area contributed by atoms with E-state index in [1.807, 2.05) is 0 Å². The zero-order valence-corrected chi connectivity index (χ0v) is 78.3. The van der Waals surface area contributed by atoms with Crippen LogP contribution in [-0.4, -0.2) is 211 Å². The van der Waals surface area contributed by atoms with Gasteiger partial charge in [-0.1, -0.05) is 241 Å². The SMILES string of the molecule is C.C.C.C.C.C.C.C.C.C.C.C.CC1CCCN(C)C1C.CC1CCCOC1C.CC1CCCS(=O)C1C.CC1CCCSC1C.CC1CCN(C)C1C.CC1CCN(C)CC1C.CC1CCOC1C.CC1CCOCC1C.CC1CCSC1C.CC1CCSCC1C.CC1CN(C)CC1C.CC1COCC1C.CC1CSCC1C. The Bertz CT molecular complexity index is 1760. The molecular weight excluding hydrogens is 1510 g/mol. The van der Waals surface area contributed by atoms with Crippen LogP contribution in [-0.2, 0) is 29.7 Å². The standard InChI is InChI=1S/2C8H17N.2C7H15N.C7H14OS.2C7H14O.2C7H14S.2C6H12O.2C6H12S.12CH4/c1-7-4-5-9(3)6-8(7)2;1-7-5-4-6-9(3)8(7)2;1-6-4-8(3)5-7(6)2;1-6-4-5-8(3)7(6)2;1-6-4-3-5-9(8)7(6)2;1-6-3-4-8-5-7(6)2;1-6-4-3-5-8-7(6)2;1-6-3-4-8-5-7(6)2;1-6-4-3-5-8-7(6)2;1-5-3-7-4-6(5)2;1-5-3-4-7-6(5)2;1-5-3-7-4-6(5)2;1-5-3-4-7-6(5)2;;;;;;;;;;;;/h2*7-8H,4-6H2,1-3H3;2*6-7H,4-5H2,1-3H3;6-7H,3-5H2,1-2H3;4*6-7H,3-5H2,1-2H3;4*5-6H,3-4H2,1-2H3;12*1H4. The van der Waals surface area contributed by atoms with E-state index in [0.717, 1.165) is 181 Å². The van der Waals surface area contributed by atoms with E-state index in [0.29, 0.717) is 23.4 Å². The first-order valence-corrected chi connectivity index (χ1v) is 49.2. The molecule has 115 heavy (non-hydrogen) atoms. The summed E-state index contributed by atoms with van der Waals surface area (Å²) in [4.78, 5) is 9.69. The number of piperidine rings is 2. The van der Waals surface area contributed by atoms with Crippen molar-refractivity contribution < 1.29 is 23.2 Å². The van der Waals surface area contributed by atoms with Crippen molar-refractivity contribution in [2.45, 2.75) is 399 Å². The lowest BCUT2D eigenvalue weighted by Crippen LogP contribution is -2.39. The van der Waals surface area contributed by atoms with Crippen LogP contribution in [0, 0.1) is 112 Å². The molecule has 0 aromatic rings. The van der Waals surface area contributed by atoms with E-state index in [4.69, 9.17) is 18.9 Å². The fourth-order valence-electron chi connectivity index (χ4n) is 14.3. The molecule has 13 rings (SSSR count). The summed E-state index contributed by atoms with van der Waals surface area (Å²) in [7, 11) is 8.32. The van der Waals surface area contributed by atoms with Gasteiger partial charge < -0.3 is 38.5 Å². The Hall–Kier alpha value is 1.23. The molecule has 0 spiro atoms. The second-order valence-electron chi connectivity index (χ2n) is 36.6. The molecule has 0 N–H and O–H groups in total. The van der Waals surface area contributed by atoms with E-state index in [1.54, 1.807) is 0 Å². The van der Waals surface area contributed by atoms with Crippen molar-refractivity contribution >= 4 is 57.8 Å². The van der Waals surface area contributed by atoms with Gasteiger partial charge in [0, 0.05) is 104 Å². The number of nitrogens with zero attached hydrogens (tertiary/aromatic N) is 4. The monoisotopic (exact) mass is 1740 g/mol. The van der Waals surface area contributed by atoms with Crippen LogP contribution in [0.4, 0.5) is 0 Å². The molecule has 14 heteroatoms. The van der Waals surface area contributed by atoms with E-state index in [-0.39, 0.29) is 89.1 Å². The van der Waals surface area contributed by atoms with Crippen molar-refractivity contribution in [1.29, 1.82) is 0 Å². The van der Waals surface area contributed by atoms with Gasteiger partial charge in [-0.3, -0.25) is 4.21 Å². The minimum absolute atomic E-state index is 0. The minimum atomic E-state index is -0.515. The fourth-order valence-corrected chi connectivity index (χ4v) is 21.2. The van der Waals surface area contributed by atoms with Crippen LogP contribution in [0.2, 0.25) is 0 Å². The molecule has 27 atom stereocenters. The van der Waals surface area contributed by atoms with E-state index < -0.39 is 10.8 Å². The van der Waals surface area contributed by atoms with Crippen LogP contribution < -0.4 is 0 Å². The van der Waals surface area contributed by atoms with Crippen molar-refractivity contribution in [3.63, 3.8) is 0 Å². The van der Waals surface area contributed by atoms with Crippen molar-refractivity contribution in [2.75, 3.05) is 147 Å². The number of hydrogen-bond acceptors (Lipinski definition) is 13. The zero-order valence-electron chi connectivity index (χ0n) is 74.2. The van der Waals surface area contributed by atoms with Crippen molar-refractivity contribution in [3.8, 4) is 0 Å². The third-order valence-corrected chi connectivity index (χ3v) is 34.9. The highest BCUT2D eigenvalue weighted by atomic mass is 32.2. The zero-order chi connectivity index (χ0) is 77.9. The highest BCUT2D eigenvalue weighted by Gasteiger charge is 2.28. The van der Waals surface area contributed by atoms with E-state index >= 15 is 0 Å². The molecule has 13 fully saturated rings. The molecular formula is C101H230N4O5S5. The van der Waals surface area contributed by atoms with Gasteiger partial charge in [-0.2, -0.15) is 47.0 Å². The molecule has 0 aromatic carbocycles. The van der Waals surface area contributed by atoms with Crippen molar-refractivity contribution in [2.24, 2.45) is 112 Å². The largest absolute Gasteiger partial charge is 0.381 e. The Kier molecular flexibility index (Phi) is 102. The maximum absolute atomic E-state index is 11.1. The van der Waals surface area contributed by atoms with Crippen molar-refractivity contribution in [1.82, 2.24) is 19.6 Å². The maximum atomic E-state index is 11.1. The van der Waals surface area contributed by atoms with Crippen LogP contribution >= 0.6 is 47.0 Å². The Labute approximate surface area is 754 Å². The minimum Gasteiger partial charge on any atom is -0.381 e. The van der Waals surface area contributed by atoms with Crippen LogP contribution in [0.1, 0.15) is 359 Å². The topological polar surface area (TPSA) is 67.0 Å². The first-order chi connectivity index (χ1) is 48.5. The molecule has 0 aliphatic carbocycles. The first kappa shape index (κ1) is 142. The second-order valence-corrected chi connectivity index (χ2v) is 43.7. The number of rotatable bonds is 0. The van der Waals surface area contributed by atoms with Gasteiger partial charge in [-0.15, -0.1) is 0 Å². The molecule has 714 valence electrons. The summed E-state index contributed by atoms with van der Waals surface area (Å²) in [5, 5.41) is 2.29. The Balaban J connectivity index is -0.0000000991. The molecule has 13 heterocycles. The molecule has 13 aliphatic heterocycles. The lowest BCUT2D eigenvalue weighted by atomic mass is 9.89. The van der Waals surface area contributed by atoms with Gasteiger partial charge >= 0.3 is 0 Å². The Morgan fingerprint density at radius 1 is 0.287 bits per heavy atom. The molecule has 0 amide bonds. The molecule has 0 aromatic heterocycles. The molecule has 13 saturated heterocycles. The lowest BCUT2D eigenvalue weighted by molar-refractivity contribution is -0.00789. The van der Waals surface area contributed by atoms with Gasteiger partial charge in [0.05, 0.1) is 12.2 Å². The third-order valence-electron chi connectivity index (χ3n) is 27.2. The summed E-state index contributed by atoms with van der Waals surface area (Å²) < 4.78 is 32.2. The summed E-state index contributed by atoms with van der Waals surface area (Å²) in [6.45, 7) is 73.1. The summed E-state index contributed by atoms with van der Waals surface area (Å²) in [6.07, 6.45) is 19.9. The highest BCUT2D eigenvalue weighted by molar-refractivity contribution is 8.00. The normalized spacial score (nSPS) is 36.6. The van der Waals surface area contributed by atoms with Gasteiger partial charge in [-0.25, -0.2) is 0 Å². The summed E-state index contributed by atoms with van der Waals surface area (Å²) in [6, 6.07) is 1.62. The molecule has 0 bridgehead atoms. The highest BCUT2D eigenvalue weighted by Crippen LogP contribution is 2.33. The smallest absolute Gasteiger partial charge is 0.0573 e. The maximum Gasteiger partial charge on any atom is 0.0573 e. The number of thioether (sulfide) groups is 4. The summed E-state index contributed by atoms with van der Waals surface area (Å²) >= 11 is 8.43. The van der Waals surface area contributed by atoms with Gasteiger partial charge in [0.15, 0.2) is 0 Å². The average molecular weight is 1740 g/mol. The number of ether oxygens (including phenoxy) is 4. The Morgan fingerprint density at radius 2 is 0.661 bits per heavy atom. The quantitative estimate of drug-likeness (QED) is 0.232. The molecule has 0 saturated carbocycles. The van der Waals surface area contributed by atoms with Crippen molar-refractivity contribution in [3.05, 3.63) is 0 Å². The number of likely N-dealkylation sites (tertiary alicyclic amines) is 4. The first-order valence-electron chi connectivity index (χ1n) is 43.4. The molecule has 13 aliphatic rings. The predicted molar refractivity (Wildman–Crippen MR) is 552 cm³/mol. The van der Waals surface area contributed by atoms with Crippen LogP contribution in [0.3, 0.4) is 0 Å². The lowest BCUT2D eigenvalue weighted by Gasteiger charge is -2.34. The van der Waals surface area contributed by atoms with Gasteiger partial charge in [0.25, 0.3) is 0 Å². The van der Waals surface area contributed by atoms with E-state index in [9.17, 15) is 4.21 Å². The molecule has 0 radical (unpaired) electrons. The van der Waals surface area contributed by atoms with Crippen LogP contribution in [0.15, 0.2) is 0 Å². The Morgan fingerprint density at radius 3 is 0.922 bits per heavy atom. The van der Waals surface area contributed by atoms with E-state index in [2.05, 4.69) is 275 Å². The molecule has 27 unspecified atom stereocenters. The summed E-state index contributed by atoms with van der Waals surface area (Å²) in [5.41, 5.74) is 0. The van der Waals surface area contributed by atoms with Gasteiger partial charge in [-0.05, 0) is 312 Å². The summed E-state index contributed by atoms with van der Waals surface area (Å²) in [5.74, 6) is 26.1. The predicted octanol–water partition coefficient (Wildman–Crippen LogP) is 30.4. The second kappa shape index (κ2) is 82.2.